The van der Waals surface area contributed by atoms with Crippen LogP contribution in [0.4, 0.5) is 0 Å². The molecular weight excluding hydrogens is 827 g/mol. The van der Waals surface area contributed by atoms with Crippen LogP contribution in [-0.4, -0.2) is 219 Å². The van der Waals surface area contributed by atoms with E-state index >= 15 is 0 Å². The number of carbonyl (C=O) groups excluding carboxylic acids is 3. The molecule has 20 unspecified atom stereocenters. The molecule has 0 saturated carbocycles. The summed E-state index contributed by atoms with van der Waals surface area (Å²) in [5, 5.41) is 103. The van der Waals surface area contributed by atoms with Gasteiger partial charge in [0.2, 0.25) is 17.7 Å². The Morgan fingerprint density at radius 1 is 0.770 bits per heavy atom. The summed E-state index contributed by atoms with van der Waals surface area (Å²) >= 11 is 0. The molecule has 0 aromatic rings. The maximum Gasteiger partial charge on any atom is 0.394 e. The standard InChI is InChI=1S/C34H58BN4O22/c1-10(7-40)20(46)23(49)17(37-12(3)43)29(50)56-25-18(38-13(4)44)30(53-11(2)21(25)47)58-26-19(39-14(5)45)31(54-15(8-41)22(26)48)57-24-16(9-42)55-32(61-35-36)28-27(24)59-34(6,60-28)33(51)52/h10-11,15-32,40-42,46-50H,7-9,36H2,1-6H3,(H,37,43)(H,38,44)(H,39,45)(H,51,52)/t10?,11?,15?,16?,17?,18?,19?,20?,21?,22?,23?,24?,25?,26?,27?,28?,29?,30?,31?,32?,34-/m0/s1. The lowest BCUT2D eigenvalue weighted by Gasteiger charge is -2.50. The van der Waals surface area contributed by atoms with E-state index in [2.05, 4.69) is 16.0 Å². The van der Waals surface area contributed by atoms with E-state index < -0.39 is 172 Å². The Morgan fingerprint density at radius 2 is 1.31 bits per heavy atom. The number of carbonyl (C=O) groups is 4. The van der Waals surface area contributed by atoms with Crippen LogP contribution in [0.15, 0.2) is 0 Å². The maximum absolute atomic E-state index is 12.7. The normalized spacial score (nSPS) is 40.1. The Morgan fingerprint density at radius 3 is 1.84 bits per heavy atom. The van der Waals surface area contributed by atoms with Crippen molar-refractivity contribution in [1.29, 1.82) is 0 Å². The number of aliphatic hydroxyl groups is 8. The van der Waals surface area contributed by atoms with Crippen LogP contribution < -0.4 is 21.6 Å². The zero-order chi connectivity index (χ0) is 45.7. The molecule has 14 N–H and O–H groups in total. The van der Waals surface area contributed by atoms with Crippen molar-refractivity contribution < 1.29 is 108 Å². The van der Waals surface area contributed by atoms with Crippen LogP contribution >= 0.6 is 0 Å². The number of nitrogens with two attached hydrogens (primary N) is 1. The van der Waals surface area contributed by atoms with Gasteiger partial charge in [-0.2, -0.15) is 0 Å². The molecule has 1 radical (unpaired) electrons. The number of rotatable bonds is 19. The molecule has 61 heavy (non-hydrogen) atoms. The summed E-state index contributed by atoms with van der Waals surface area (Å²) in [4.78, 5) is 49.7. The van der Waals surface area contributed by atoms with Crippen LogP contribution in [0.1, 0.15) is 41.5 Å². The first kappa shape index (κ1) is 50.9. The van der Waals surface area contributed by atoms with Crippen molar-refractivity contribution in [2.75, 3.05) is 19.8 Å². The van der Waals surface area contributed by atoms with E-state index in [1.54, 1.807) is 0 Å². The third kappa shape index (κ3) is 11.7. The summed E-state index contributed by atoms with van der Waals surface area (Å²) in [6.07, 6.45) is -26.3. The number of hydrogen-bond acceptors (Lipinski definition) is 22. The number of carboxylic acids is 1. The van der Waals surface area contributed by atoms with Gasteiger partial charge in [0.25, 0.3) is 5.79 Å². The third-order valence-electron chi connectivity index (χ3n) is 10.6. The van der Waals surface area contributed by atoms with Gasteiger partial charge in [-0.3, -0.25) is 14.4 Å². The second-order valence-corrected chi connectivity index (χ2v) is 15.3. The molecule has 0 bridgehead atoms. The van der Waals surface area contributed by atoms with Crippen molar-refractivity contribution in [2.45, 2.75) is 164 Å². The molecule has 21 atom stereocenters. The Balaban J connectivity index is 1.71. The SMILES string of the molecule is CC(=O)NC(C(O)OC1C(O)C(C)OC(OC2C(O)C(CO)OC(OC3C(CO)OC(O[B]N)C4O[C@@](C)(C(=O)O)OC34)C2NC(C)=O)C1NC(C)=O)C(O)C(O)C(C)CO. The third-order valence-corrected chi connectivity index (χ3v) is 10.6. The lowest BCUT2D eigenvalue weighted by Crippen LogP contribution is -2.71. The molecule has 4 saturated heterocycles. The predicted molar refractivity (Wildman–Crippen MR) is 196 cm³/mol. The summed E-state index contributed by atoms with van der Waals surface area (Å²) in [6, 6.07) is -4.98. The van der Waals surface area contributed by atoms with Crippen molar-refractivity contribution in [1.82, 2.24) is 16.0 Å². The lowest BCUT2D eigenvalue weighted by atomic mass is 9.93. The van der Waals surface area contributed by atoms with Gasteiger partial charge >= 0.3 is 13.6 Å². The van der Waals surface area contributed by atoms with Crippen LogP contribution in [0.3, 0.4) is 0 Å². The number of ether oxygens (including phenoxy) is 8. The van der Waals surface area contributed by atoms with Gasteiger partial charge in [0, 0.05) is 40.2 Å². The topological polar surface area (TPSA) is 396 Å². The average molecular weight is 886 g/mol. The fourth-order valence-corrected chi connectivity index (χ4v) is 7.47. The first-order valence-electron chi connectivity index (χ1n) is 19.4. The minimum atomic E-state index is -2.29. The monoisotopic (exact) mass is 885 g/mol. The molecule has 4 heterocycles. The number of nitrogens with one attached hydrogen (secondary N) is 3. The van der Waals surface area contributed by atoms with Gasteiger partial charge in [-0.25, -0.2) is 4.79 Å². The highest BCUT2D eigenvalue weighted by atomic mass is 16.8. The molecule has 0 aliphatic carbocycles. The molecule has 26 nitrogen and oxygen atoms in total. The number of amides is 3. The Labute approximate surface area is 350 Å². The molecular formula is C34H58BN4O22. The van der Waals surface area contributed by atoms with Crippen LogP contribution in [-0.2, 0) is 61.7 Å². The van der Waals surface area contributed by atoms with Crippen molar-refractivity contribution in [3.63, 3.8) is 0 Å². The van der Waals surface area contributed by atoms with E-state index in [4.69, 9.17) is 48.2 Å². The molecule has 0 aromatic carbocycles. The molecule has 4 aliphatic rings. The largest absolute Gasteiger partial charge is 0.477 e. The molecule has 4 aliphatic heterocycles. The van der Waals surface area contributed by atoms with Crippen molar-refractivity contribution in [2.24, 2.45) is 11.6 Å². The molecule has 0 spiro atoms. The van der Waals surface area contributed by atoms with Crippen molar-refractivity contribution >= 4 is 31.3 Å². The molecule has 4 rings (SSSR count). The highest BCUT2D eigenvalue weighted by Crippen LogP contribution is 2.41. The van der Waals surface area contributed by atoms with Gasteiger partial charge in [-0.15, -0.1) is 0 Å². The van der Waals surface area contributed by atoms with Crippen LogP contribution in [0.5, 0.6) is 0 Å². The van der Waals surface area contributed by atoms with E-state index in [-0.39, 0.29) is 0 Å². The molecule has 3 amide bonds. The van der Waals surface area contributed by atoms with Crippen LogP contribution in [0.2, 0.25) is 0 Å². The number of carboxylic acid groups (broad SMARTS) is 1. The van der Waals surface area contributed by atoms with Gasteiger partial charge in [0.1, 0.15) is 79.2 Å². The predicted octanol–water partition coefficient (Wildman–Crippen LogP) is -7.68. The van der Waals surface area contributed by atoms with E-state index in [0.717, 1.165) is 35.3 Å². The minimum Gasteiger partial charge on any atom is -0.477 e. The summed E-state index contributed by atoms with van der Waals surface area (Å²) in [6.45, 7) is 4.74. The number of fused-ring (bicyclic) bond motifs is 1. The number of aliphatic carboxylic acids is 1. The zero-order valence-electron chi connectivity index (χ0n) is 34.2. The van der Waals surface area contributed by atoms with E-state index in [9.17, 15) is 65.1 Å². The molecule has 349 valence electrons. The minimum absolute atomic E-state index is 0.588. The Hall–Kier alpha value is -2.78. The Kier molecular flexibility index (Phi) is 18.1. The molecule has 27 heteroatoms. The van der Waals surface area contributed by atoms with Gasteiger partial charge in [-0.1, -0.05) is 6.92 Å². The molecule has 0 aromatic heterocycles. The quantitative estimate of drug-likeness (QED) is 0.0423. The number of aliphatic hydroxyl groups excluding tert-OH is 8. The second kappa shape index (κ2) is 21.7. The van der Waals surface area contributed by atoms with Crippen molar-refractivity contribution in [3.8, 4) is 0 Å². The second-order valence-electron chi connectivity index (χ2n) is 15.3. The van der Waals surface area contributed by atoms with Crippen molar-refractivity contribution in [3.05, 3.63) is 0 Å². The first-order valence-corrected chi connectivity index (χ1v) is 19.4. The summed E-state index contributed by atoms with van der Waals surface area (Å²) < 4.78 is 52.7. The van der Waals surface area contributed by atoms with Gasteiger partial charge < -0.3 is 110 Å². The molecule has 4 fully saturated rings. The van der Waals surface area contributed by atoms with E-state index in [0.29, 0.717) is 0 Å². The summed E-state index contributed by atoms with van der Waals surface area (Å²) in [5.74, 6) is -7.07. The summed E-state index contributed by atoms with van der Waals surface area (Å²) in [7, 11) is 0.746. The van der Waals surface area contributed by atoms with E-state index in [1.807, 2.05) is 0 Å². The smallest absolute Gasteiger partial charge is 0.394 e. The maximum atomic E-state index is 12.7. The fraction of sp³-hybridized carbons (Fsp3) is 0.882. The first-order chi connectivity index (χ1) is 28.6. The van der Waals surface area contributed by atoms with Crippen LogP contribution in [0, 0.1) is 5.92 Å². The van der Waals surface area contributed by atoms with Crippen LogP contribution in [0.25, 0.3) is 0 Å². The van der Waals surface area contributed by atoms with Gasteiger partial charge in [0.15, 0.2) is 25.2 Å². The van der Waals surface area contributed by atoms with E-state index in [1.165, 1.54) is 13.8 Å². The highest BCUT2D eigenvalue weighted by molar-refractivity contribution is 6.22. The number of hydrogen-bond donors (Lipinski definition) is 13. The fourth-order valence-electron chi connectivity index (χ4n) is 7.47. The average Bonchev–Trinajstić information content (AvgIpc) is 3.57. The highest BCUT2D eigenvalue weighted by Gasteiger charge is 2.62. The van der Waals surface area contributed by atoms with Gasteiger partial charge in [-0.05, 0) is 6.92 Å². The zero-order valence-corrected chi connectivity index (χ0v) is 34.2. The summed E-state index contributed by atoms with van der Waals surface area (Å²) in [5.41, 5.74) is 5.43. The lowest BCUT2D eigenvalue weighted by molar-refractivity contribution is -0.351. The Bertz CT molecular complexity index is 1490. The van der Waals surface area contributed by atoms with Gasteiger partial charge in [0.05, 0.1) is 25.4 Å².